The largest absolute Gasteiger partial charge is 0.495 e. The number of benzene rings is 3. The summed E-state index contributed by atoms with van der Waals surface area (Å²) in [6.45, 7) is 0. The highest BCUT2D eigenvalue weighted by molar-refractivity contribution is 7.08. The van der Waals surface area contributed by atoms with E-state index >= 15 is 0 Å². The van der Waals surface area contributed by atoms with Crippen LogP contribution in [-0.4, -0.2) is 14.2 Å². The highest BCUT2D eigenvalue weighted by atomic mass is 32.1. The fourth-order valence-corrected chi connectivity index (χ4v) is 4.88. The van der Waals surface area contributed by atoms with Gasteiger partial charge in [-0.3, -0.25) is 0 Å². The Morgan fingerprint density at radius 2 is 0.969 bits per heavy atom. The van der Waals surface area contributed by atoms with E-state index in [4.69, 9.17) is 9.47 Å². The molecule has 0 atom stereocenters. The average Bonchev–Trinajstić information content (AvgIpc) is 3.54. The molecule has 3 aromatic carbocycles. The lowest BCUT2D eigenvalue weighted by Crippen LogP contribution is -1.94. The molecule has 0 aliphatic rings. The topological polar surface area (TPSA) is 18.5 Å². The number of fused-ring (bicyclic) bond motifs is 2. The van der Waals surface area contributed by atoms with Crippen LogP contribution in [-0.2, 0) is 0 Å². The monoisotopic (exact) mass is 450 g/mol. The molecule has 0 unspecified atom stereocenters. The van der Waals surface area contributed by atoms with Gasteiger partial charge in [0.05, 0.1) is 14.2 Å². The summed E-state index contributed by atoms with van der Waals surface area (Å²) >= 11 is 3.29. The van der Waals surface area contributed by atoms with Crippen molar-refractivity contribution in [2.24, 2.45) is 0 Å². The molecule has 0 spiro atoms. The van der Waals surface area contributed by atoms with Crippen molar-refractivity contribution in [2.45, 2.75) is 0 Å². The van der Waals surface area contributed by atoms with Gasteiger partial charge in [0, 0.05) is 54.6 Å². The fourth-order valence-electron chi connectivity index (χ4n) is 3.71. The average molecular weight is 451 g/mol. The van der Waals surface area contributed by atoms with E-state index in [1.807, 2.05) is 45.8 Å². The molecular formula is C28H18O2S2. The Balaban J connectivity index is 1.68. The second kappa shape index (κ2) is 8.81. The van der Waals surface area contributed by atoms with Gasteiger partial charge in [-0.2, -0.15) is 22.7 Å². The molecule has 0 saturated heterocycles. The lowest BCUT2D eigenvalue weighted by Gasteiger charge is -2.15. The predicted octanol–water partition coefficient (Wildman–Crippen LogP) is 6.93. The van der Waals surface area contributed by atoms with E-state index in [2.05, 4.69) is 47.9 Å². The SMILES string of the molecule is COc1c2ccc(C#Cc3ccsc3)cc2c(OC)c2ccc(C#Cc3ccsc3)cc12. The molecule has 0 aliphatic carbocycles. The van der Waals surface area contributed by atoms with Crippen molar-refractivity contribution in [2.75, 3.05) is 14.2 Å². The second-order valence-electron chi connectivity index (χ2n) is 7.11. The molecule has 5 aromatic rings. The maximum Gasteiger partial charge on any atom is 0.134 e. The molecule has 0 saturated carbocycles. The van der Waals surface area contributed by atoms with E-state index in [9.17, 15) is 0 Å². The zero-order valence-electron chi connectivity index (χ0n) is 17.6. The van der Waals surface area contributed by atoms with Crippen LogP contribution < -0.4 is 9.47 Å². The van der Waals surface area contributed by atoms with E-state index < -0.39 is 0 Å². The van der Waals surface area contributed by atoms with Gasteiger partial charge in [-0.15, -0.1) is 0 Å². The molecule has 4 heteroatoms. The summed E-state index contributed by atoms with van der Waals surface area (Å²) in [6, 6.07) is 16.3. The van der Waals surface area contributed by atoms with Gasteiger partial charge in [-0.25, -0.2) is 0 Å². The van der Waals surface area contributed by atoms with Gasteiger partial charge in [0.1, 0.15) is 11.5 Å². The van der Waals surface area contributed by atoms with Gasteiger partial charge in [0.15, 0.2) is 0 Å². The van der Waals surface area contributed by atoms with Crippen LogP contribution in [0.25, 0.3) is 21.5 Å². The van der Waals surface area contributed by atoms with Crippen molar-refractivity contribution >= 4 is 44.2 Å². The molecular weight excluding hydrogens is 432 g/mol. The number of hydrogen-bond donors (Lipinski definition) is 0. The number of thiophene rings is 2. The Morgan fingerprint density at radius 1 is 0.531 bits per heavy atom. The van der Waals surface area contributed by atoms with E-state index in [0.29, 0.717) is 0 Å². The number of hydrogen-bond acceptors (Lipinski definition) is 4. The predicted molar refractivity (Wildman–Crippen MR) is 135 cm³/mol. The van der Waals surface area contributed by atoms with Crippen LogP contribution in [0.5, 0.6) is 11.5 Å². The Kier molecular flexibility index (Phi) is 5.57. The van der Waals surface area contributed by atoms with Crippen molar-refractivity contribution in [1.82, 2.24) is 0 Å². The summed E-state index contributed by atoms with van der Waals surface area (Å²) in [5.74, 6) is 14.6. The van der Waals surface area contributed by atoms with Crippen LogP contribution in [0.1, 0.15) is 22.3 Å². The molecule has 0 amide bonds. The zero-order chi connectivity index (χ0) is 21.9. The molecule has 32 heavy (non-hydrogen) atoms. The molecule has 2 heterocycles. The van der Waals surface area contributed by atoms with Crippen LogP contribution in [0.2, 0.25) is 0 Å². The van der Waals surface area contributed by atoms with Crippen molar-refractivity contribution in [1.29, 1.82) is 0 Å². The second-order valence-corrected chi connectivity index (χ2v) is 8.67. The fraction of sp³-hybridized carbons (Fsp3) is 0.0714. The first-order valence-corrected chi connectivity index (χ1v) is 11.9. The Morgan fingerprint density at radius 3 is 1.34 bits per heavy atom. The minimum absolute atomic E-state index is 0.812. The minimum Gasteiger partial charge on any atom is -0.495 e. The van der Waals surface area contributed by atoms with Crippen molar-refractivity contribution in [3.63, 3.8) is 0 Å². The molecule has 2 nitrogen and oxygen atoms in total. The first kappa shape index (κ1) is 20.2. The smallest absolute Gasteiger partial charge is 0.134 e. The third-order valence-electron chi connectivity index (χ3n) is 5.17. The van der Waals surface area contributed by atoms with Crippen molar-refractivity contribution in [3.8, 4) is 35.2 Å². The first-order chi connectivity index (χ1) is 15.8. The number of methoxy groups -OCH3 is 2. The van der Waals surface area contributed by atoms with Gasteiger partial charge in [-0.1, -0.05) is 23.7 Å². The molecule has 0 bridgehead atoms. The van der Waals surface area contributed by atoms with Gasteiger partial charge < -0.3 is 9.47 Å². The van der Waals surface area contributed by atoms with Crippen LogP contribution in [0, 0.1) is 23.7 Å². The molecule has 0 fully saturated rings. The maximum absolute atomic E-state index is 5.87. The van der Waals surface area contributed by atoms with Crippen molar-refractivity contribution < 1.29 is 9.47 Å². The number of rotatable bonds is 2. The Labute approximate surface area is 195 Å². The van der Waals surface area contributed by atoms with E-state index in [0.717, 1.165) is 55.3 Å². The third-order valence-corrected chi connectivity index (χ3v) is 6.54. The van der Waals surface area contributed by atoms with Gasteiger partial charge >= 0.3 is 0 Å². The quantitative estimate of drug-likeness (QED) is 0.214. The van der Waals surface area contributed by atoms with Crippen LogP contribution in [0.4, 0.5) is 0 Å². The minimum atomic E-state index is 0.812. The van der Waals surface area contributed by atoms with Gasteiger partial charge in [-0.05, 0) is 59.3 Å². The first-order valence-electron chi connectivity index (χ1n) is 9.96. The lowest BCUT2D eigenvalue weighted by atomic mass is 9.97. The summed E-state index contributed by atoms with van der Waals surface area (Å²) in [5, 5.41) is 12.1. The van der Waals surface area contributed by atoms with E-state index in [-0.39, 0.29) is 0 Å². The Bertz CT molecular complexity index is 1420. The summed E-state index contributed by atoms with van der Waals surface area (Å²) in [7, 11) is 3.41. The van der Waals surface area contributed by atoms with Gasteiger partial charge in [0.25, 0.3) is 0 Å². The molecule has 0 N–H and O–H groups in total. The van der Waals surface area contributed by atoms with Gasteiger partial charge in [0.2, 0.25) is 0 Å². The van der Waals surface area contributed by atoms with Crippen LogP contribution >= 0.6 is 22.7 Å². The normalized spacial score (nSPS) is 10.3. The third kappa shape index (κ3) is 3.83. The van der Waals surface area contributed by atoms with E-state index in [1.54, 1.807) is 36.9 Å². The summed E-state index contributed by atoms with van der Waals surface area (Å²) in [5.41, 5.74) is 3.91. The maximum atomic E-state index is 5.87. The molecule has 154 valence electrons. The summed E-state index contributed by atoms with van der Waals surface area (Å²) in [6.07, 6.45) is 0. The van der Waals surface area contributed by atoms with Crippen LogP contribution in [0.15, 0.2) is 70.1 Å². The van der Waals surface area contributed by atoms with Crippen LogP contribution in [0.3, 0.4) is 0 Å². The van der Waals surface area contributed by atoms with Crippen molar-refractivity contribution in [3.05, 3.63) is 92.3 Å². The lowest BCUT2D eigenvalue weighted by molar-refractivity contribution is 0.417. The van der Waals surface area contributed by atoms with E-state index in [1.165, 1.54) is 0 Å². The number of ether oxygens (including phenoxy) is 2. The Hall–Kier alpha value is -3.70. The molecule has 2 aromatic heterocycles. The molecule has 0 radical (unpaired) electrons. The highest BCUT2D eigenvalue weighted by Crippen LogP contribution is 2.43. The molecule has 0 aliphatic heterocycles. The highest BCUT2D eigenvalue weighted by Gasteiger charge is 2.16. The standard InChI is InChI=1S/C28H18O2S2/c1-29-27-23-9-7-20(4-6-22-12-14-32-18-22)16-26(23)28(30-2)24-10-8-19(15-25(24)27)3-5-21-11-13-31-17-21/h7-18H,1-2H3. The molecule has 5 rings (SSSR count). The zero-order valence-corrected chi connectivity index (χ0v) is 19.2. The summed E-state index contributed by atoms with van der Waals surface area (Å²) < 4.78 is 11.7. The summed E-state index contributed by atoms with van der Waals surface area (Å²) in [4.78, 5) is 0.